The summed E-state index contributed by atoms with van der Waals surface area (Å²) in [5.74, 6) is 1.31. The fourth-order valence-electron chi connectivity index (χ4n) is 1.80. The number of rotatable bonds is 5. The van der Waals surface area contributed by atoms with Gasteiger partial charge in [-0.05, 0) is 19.1 Å². The van der Waals surface area contributed by atoms with Gasteiger partial charge in [0, 0.05) is 17.1 Å². The van der Waals surface area contributed by atoms with Gasteiger partial charge in [0.1, 0.15) is 18.2 Å². The van der Waals surface area contributed by atoms with E-state index >= 15 is 0 Å². The van der Waals surface area contributed by atoms with E-state index in [0.29, 0.717) is 28.6 Å². The summed E-state index contributed by atoms with van der Waals surface area (Å²) in [6, 6.07) is 3.20. The van der Waals surface area contributed by atoms with Crippen molar-refractivity contribution in [1.82, 2.24) is 5.32 Å². The Hall–Kier alpha value is -1.47. The highest BCUT2D eigenvalue weighted by atomic mass is 35.5. The maximum Gasteiger partial charge on any atom is 0.229 e. The summed E-state index contributed by atoms with van der Waals surface area (Å²) in [6.45, 7) is 3.63. The van der Waals surface area contributed by atoms with Crippen LogP contribution < -0.4 is 14.8 Å². The van der Waals surface area contributed by atoms with E-state index in [1.54, 1.807) is 19.1 Å². The van der Waals surface area contributed by atoms with Crippen molar-refractivity contribution in [2.24, 2.45) is 4.99 Å². The first-order valence-corrected chi connectivity index (χ1v) is 8.30. The second-order valence-electron chi connectivity index (χ2n) is 4.49. The van der Waals surface area contributed by atoms with Crippen LogP contribution in [0, 0.1) is 6.92 Å². The Labute approximate surface area is 123 Å². The smallest absolute Gasteiger partial charge is 0.229 e. The van der Waals surface area contributed by atoms with Crippen LogP contribution in [0.25, 0.3) is 0 Å². The van der Waals surface area contributed by atoms with Crippen LogP contribution in [0.4, 0.5) is 5.69 Å². The number of hydrogen-bond acceptors (Lipinski definition) is 5. The van der Waals surface area contributed by atoms with Gasteiger partial charge in [0.15, 0.2) is 0 Å². The SMILES string of the molecule is Cc1c(NS(C)(=O)=O)cc(Cl)cc1OCC1=NCCN1. The molecule has 110 valence electrons. The quantitative estimate of drug-likeness (QED) is 0.860. The van der Waals surface area contributed by atoms with E-state index in [1.807, 2.05) is 0 Å². The van der Waals surface area contributed by atoms with Crippen LogP contribution in [0.15, 0.2) is 17.1 Å². The Morgan fingerprint density at radius 3 is 2.85 bits per heavy atom. The minimum absolute atomic E-state index is 0.305. The molecule has 0 bridgehead atoms. The molecule has 0 fully saturated rings. The van der Waals surface area contributed by atoms with Crippen LogP contribution in [0.3, 0.4) is 0 Å². The first-order chi connectivity index (χ1) is 9.35. The van der Waals surface area contributed by atoms with Gasteiger partial charge in [0.05, 0.1) is 18.5 Å². The molecule has 0 saturated carbocycles. The topological polar surface area (TPSA) is 79.8 Å². The lowest BCUT2D eigenvalue weighted by Gasteiger charge is -2.14. The highest BCUT2D eigenvalue weighted by Crippen LogP contribution is 2.31. The van der Waals surface area contributed by atoms with Gasteiger partial charge in [-0.3, -0.25) is 9.71 Å². The number of halogens is 1. The molecule has 0 unspecified atom stereocenters. The molecule has 1 heterocycles. The predicted molar refractivity (Wildman–Crippen MR) is 80.5 cm³/mol. The maximum atomic E-state index is 11.3. The molecule has 20 heavy (non-hydrogen) atoms. The molecular weight excluding hydrogens is 302 g/mol. The Bertz CT molecular complexity index is 644. The standard InChI is InChI=1S/C12H16ClN3O3S/c1-8-10(16-20(2,17)18)5-9(13)6-11(8)19-7-12-14-3-4-15-12/h5-6,16H,3-4,7H2,1-2H3,(H,14,15). The number of nitrogens with zero attached hydrogens (tertiary/aromatic N) is 1. The summed E-state index contributed by atoms with van der Waals surface area (Å²) < 4.78 is 30.7. The molecule has 1 aromatic carbocycles. The summed E-state index contributed by atoms with van der Waals surface area (Å²) in [5.41, 5.74) is 1.09. The van der Waals surface area contributed by atoms with Gasteiger partial charge in [-0.1, -0.05) is 11.6 Å². The van der Waals surface area contributed by atoms with Crippen LogP contribution in [-0.2, 0) is 10.0 Å². The highest BCUT2D eigenvalue weighted by molar-refractivity contribution is 7.92. The fraction of sp³-hybridized carbons (Fsp3) is 0.417. The molecule has 1 aromatic rings. The van der Waals surface area contributed by atoms with Crippen molar-refractivity contribution in [3.8, 4) is 5.75 Å². The lowest BCUT2D eigenvalue weighted by atomic mass is 10.2. The number of nitrogens with one attached hydrogen (secondary N) is 2. The van der Waals surface area contributed by atoms with Crippen molar-refractivity contribution >= 4 is 33.1 Å². The molecule has 8 heteroatoms. The molecule has 6 nitrogen and oxygen atoms in total. The van der Waals surface area contributed by atoms with E-state index in [-0.39, 0.29) is 0 Å². The molecule has 0 aliphatic carbocycles. The molecule has 0 amide bonds. The average molecular weight is 318 g/mol. The van der Waals surface area contributed by atoms with Crippen molar-refractivity contribution in [2.75, 3.05) is 30.7 Å². The van der Waals surface area contributed by atoms with Crippen LogP contribution >= 0.6 is 11.6 Å². The lowest BCUT2D eigenvalue weighted by molar-refractivity contribution is 0.371. The summed E-state index contributed by atoms with van der Waals surface area (Å²) in [4.78, 5) is 4.22. The third-order valence-corrected chi connectivity index (χ3v) is 3.54. The van der Waals surface area contributed by atoms with Gasteiger partial charge in [0.25, 0.3) is 0 Å². The first kappa shape index (κ1) is 14.9. The van der Waals surface area contributed by atoms with E-state index in [1.165, 1.54) is 0 Å². The zero-order valence-corrected chi connectivity index (χ0v) is 12.8. The third-order valence-electron chi connectivity index (χ3n) is 2.73. The number of sulfonamides is 1. The van der Waals surface area contributed by atoms with Crippen LogP contribution in [-0.4, -0.2) is 40.2 Å². The van der Waals surface area contributed by atoms with Crippen molar-refractivity contribution in [1.29, 1.82) is 0 Å². The van der Waals surface area contributed by atoms with E-state index in [4.69, 9.17) is 16.3 Å². The van der Waals surface area contributed by atoms with Crippen molar-refractivity contribution in [2.45, 2.75) is 6.92 Å². The lowest BCUT2D eigenvalue weighted by Crippen LogP contribution is -2.25. The first-order valence-electron chi connectivity index (χ1n) is 6.03. The number of aliphatic imine (C=N–C) groups is 1. The van der Waals surface area contributed by atoms with E-state index in [0.717, 1.165) is 25.2 Å². The minimum Gasteiger partial charge on any atom is -0.485 e. The Morgan fingerprint density at radius 1 is 1.50 bits per heavy atom. The Morgan fingerprint density at radius 2 is 2.25 bits per heavy atom. The molecule has 0 saturated heterocycles. The van der Waals surface area contributed by atoms with Crippen LogP contribution in [0.5, 0.6) is 5.75 Å². The molecular formula is C12H16ClN3O3S. The van der Waals surface area contributed by atoms with Gasteiger partial charge in [-0.25, -0.2) is 8.42 Å². The normalized spacial score (nSPS) is 14.7. The second-order valence-corrected chi connectivity index (χ2v) is 6.68. The summed E-state index contributed by atoms with van der Waals surface area (Å²) in [5, 5.41) is 3.50. The molecule has 0 aromatic heterocycles. The monoisotopic (exact) mass is 317 g/mol. The largest absolute Gasteiger partial charge is 0.485 e. The summed E-state index contributed by atoms with van der Waals surface area (Å²) >= 11 is 5.99. The maximum absolute atomic E-state index is 11.3. The summed E-state index contributed by atoms with van der Waals surface area (Å²) in [7, 11) is -3.36. The van der Waals surface area contributed by atoms with Crippen molar-refractivity contribution in [3.05, 3.63) is 22.7 Å². The number of anilines is 1. The fourth-order valence-corrected chi connectivity index (χ4v) is 2.62. The molecule has 1 aliphatic heterocycles. The number of hydrogen-bond donors (Lipinski definition) is 2. The van der Waals surface area contributed by atoms with Gasteiger partial charge >= 0.3 is 0 Å². The molecule has 0 spiro atoms. The zero-order valence-electron chi connectivity index (χ0n) is 11.2. The third kappa shape index (κ3) is 4.01. The summed E-state index contributed by atoms with van der Waals surface area (Å²) in [6.07, 6.45) is 1.09. The second kappa shape index (κ2) is 5.88. The minimum atomic E-state index is -3.36. The van der Waals surface area contributed by atoms with Gasteiger partial charge in [0.2, 0.25) is 10.0 Å². The average Bonchev–Trinajstić information content (AvgIpc) is 2.82. The van der Waals surface area contributed by atoms with Crippen molar-refractivity contribution in [3.63, 3.8) is 0 Å². The van der Waals surface area contributed by atoms with Gasteiger partial charge in [-0.15, -0.1) is 0 Å². The Kier molecular flexibility index (Phi) is 4.39. The number of benzene rings is 1. The molecule has 2 rings (SSSR count). The molecule has 0 atom stereocenters. The number of amidine groups is 1. The number of ether oxygens (including phenoxy) is 1. The zero-order chi connectivity index (χ0) is 14.8. The molecule has 1 aliphatic rings. The molecule has 2 N–H and O–H groups in total. The molecule has 0 radical (unpaired) electrons. The van der Waals surface area contributed by atoms with E-state index in [9.17, 15) is 8.42 Å². The van der Waals surface area contributed by atoms with Crippen LogP contribution in [0.2, 0.25) is 5.02 Å². The van der Waals surface area contributed by atoms with Gasteiger partial charge < -0.3 is 10.1 Å². The van der Waals surface area contributed by atoms with Crippen molar-refractivity contribution < 1.29 is 13.2 Å². The van der Waals surface area contributed by atoms with E-state index in [2.05, 4.69) is 15.0 Å². The Balaban J connectivity index is 2.19. The predicted octanol–water partition coefficient (Wildman–Crippen LogP) is 1.40. The van der Waals surface area contributed by atoms with Crippen LogP contribution in [0.1, 0.15) is 5.56 Å². The van der Waals surface area contributed by atoms with Gasteiger partial charge in [-0.2, -0.15) is 0 Å². The highest BCUT2D eigenvalue weighted by Gasteiger charge is 2.13. The van der Waals surface area contributed by atoms with E-state index < -0.39 is 10.0 Å².